The van der Waals surface area contributed by atoms with E-state index in [1.54, 1.807) is 7.05 Å². The van der Waals surface area contributed by atoms with Crippen LogP contribution in [0.2, 0.25) is 0 Å². The second-order valence-corrected chi connectivity index (χ2v) is 3.27. The number of carbonyl (C=O) groups is 1. The van der Waals surface area contributed by atoms with Gasteiger partial charge < -0.3 is 5.32 Å². The number of carbonyl (C=O) groups excluding carboxylic acids is 1. The van der Waals surface area contributed by atoms with E-state index < -0.39 is 0 Å². The summed E-state index contributed by atoms with van der Waals surface area (Å²) in [5, 5.41) is 2.63. The number of imidazole rings is 1. The molecule has 2 aromatic heterocycles. The molecule has 2 heterocycles. The fraction of sp³-hybridized carbons (Fsp3) is 0.273. The van der Waals surface area contributed by atoms with Crippen molar-refractivity contribution in [2.45, 2.75) is 13.3 Å². The van der Waals surface area contributed by atoms with E-state index in [1.165, 1.54) is 0 Å². The number of hydrogen-bond acceptors (Lipinski definition) is 2. The molecule has 0 saturated heterocycles. The molecule has 2 aromatic rings. The van der Waals surface area contributed by atoms with Crippen LogP contribution in [0.4, 0.5) is 0 Å². The molecule has 0 radical (unpaired) electrons. The second-order valence-electron chi connectivity index (χ2n) is 3.27. The summed E-state index contributed by atoms with van der Waals surface area (Å²) in [5.74, 6) is -0.0921. The van der Waals surface area contributed by atoms with E-state index in [1.807, 2.05) is 35.7 Å². The molecular weight excluding hydrogens is 190 g/mol. The number of nitrogens with one attached hydrogen (secondary N) is 1. The molecule has 0 aromatic carbocycles. The second kappa shape index (κ2) is 3.73. The Morgan fingerprint density at radius 1 is 1.53 bits per heavy atom. The van der Waals surface area contributed by atoms with E-state index in [0.717, 1.165) is 17.8 Å². The van der Waals surface area contributed by atoms with Gasteiger partial charge in [0.25, 0.3) is 5.91 Å². The van der Waals surface area contributed by atoms with Gasteiger partial charge in [0.05, 0.1) is 5.69 Å². The predicted molar refractivity (Wildman–Crippen MR) is 58.0 cm³/mol. The molecule has 2 rings (SSSR count). The highest BCUT2D eigenvalue weighted by molar-refractivity contribution is 5.94. The minimum atomic E-state index is -0.0921. The Labute approximate surface area is 87.9 Å². The zero-order valence-electron chi connectivity index (χ0n) is 8.82. The molecule has 4 nitrogen and oxygen atoms in total. The lowest BCUT2D eigenvalue weighted by atomic mass is 10.2. The zero-order valence-corrected chi connectivity index (χ0v) is 8.82. The summed E-state index contributed by atoms with van der Waals surface area (Å²) >= 11 is 0. The Morgan fingerprint density at radius 2 is 2.33 bits per heavy atom. The van der Waals surface area contributed by atoms with E-state index in [-0.39, 0.29) is 5.91 Å². The Balaban J connectivity index is 2.72. The molecule has 0 aliphatic rings. The van der Waals surface area contributed by atoms with Crippen molar-refractivity contribution < 1.29 is 4.79 Å². The van der Waals surface area contributed by atoms with Gasteiger partial charge in [-0.25, -0.2) is 4.98 Å². The van der Waals surface area contributed by atoms with Gasteiger partial charge in [-0.15, -0.1) is 0 Å². The zero-order chi connectivity index (χ0) is 10.8. The third kappa shape index (κ3) is 1.48. The van der Waals surface area contributed by atoms with Crippen molar-refractivity contribution in [3.05, 3.63) is 35.8 Å². The molecule has 0 fully saturated rings. The van der Waals surface area contributed by atoms with E-state index in [9.17, 15) is 4.79 Å². The van der Waals surface area contributed by atoms with Crippen LogP contribution in [0.5, 0.6) is 0 Å². The summed E-state index contributed by atoms with van der Waals surface area (Å²) in [4.78, 5) is 16.1. The monoisotopic (exact) mass is 203 g/mol. The number of fused-ring (bicyclic) bond motifs is 1. The topological polar surface area (TPSA) is 46.4 Å². The summed E-state index contributed by atoms with van der Waals surface area (Å²) in [6.07, 6.45) is 2.61. The van der Waals surface area contributed by atoms with Crippen LogP contribution in [-0.2, 0) is 6.42 Å². The van der Waals surface area contributed by atoms with Crippen LogP contribution in [0.1, 0.15) is 23.1 Å². The number of aromatic nitrogens is 2. The number of aryl methyl sites for hydroxylation is 1. The molecule has 78 valence electrons. The SMILES string of the molecule is CCc1nc2ccccn2c1C(=O)NC. The van der Waals surface area contributed by atoms with Gasteiger partial charge in [0.2, 0.25) is 0 Å². The Bertz CT molecular complexity index is 502. The molecule has 0 unspecified atom stereocenters. The molecule has 0 bridgehead atoms. The molecule has 4 heteroatoms. The first-order valence-electron chi connectivity index (χ1n) is 4.96. The van der Waals surface area contributed by atoms with Crippen molar-refractivity contribution >= 4 is 11.6 Å². The minimum Gasteiger partial charge on any atom is -0.354 e. The van der Waals surface area contributed by atoms with Crippen LogP contribution in [0.3, 0.4) is 0 Å². The van der Waals surface area contributed by atoms with Gasteiger partial charge in [-0.05, 0) is 18.6 Å². The first-order chi connectivity index (χ1) is 7.27. The molecule has 0 saturated carbocycles. The molecule has 0 aliphatic carbocycles. The van der Waals surface area contributed by atoms with Crippen LogP contribution < -0.4 is 5.32 Å². The van der Waals surface area contributed by atoms with Crippen LogP contribution in [-0.4, -0.2) is 22.3 Å². The number of pyridine rings is 1. The van der Waals surface area contributed by atoms with Crippen molar-refractivity contribution in [3.8, 4) is 0 Å². The third-order valence-electron chi connectivity index (χ3n) is 2.38. The summed E-state index contributed by atoms with van der Waals surface area (Å²) in [5.41, 5.74) is 2.28. The molecule has 15 heavy (non-hydrogen) atoms. The standard InChI is InChI=1S/C11H13N3O/c1-3-8-10(11(15)12-2)14-7-5-4-6-9(14)13-8/h4-7H,3H2,1-2H3,(H,12,15). The molecule has 0 spiro atoms. The molecular formula is C11H13N3O. The molecule has 1 N–H and O–H groups in total. The lowest BCUT2D eigenvalue weighted by Gasteiger charge is -2.01. The summed E-state index contributed by atoms with van der Waals surface area (Å²) < 4.78 is 1.82. The van der Waals surface area contributed by atoms with E-state index in [4.69, 9.17) is 0 Å². The maximum atomic E-state index is 11.7. The third-order valence-corrected chi connectivity index (χ3v) is 2.38. The van der Waals surface area contributed by atoms with Crippen LogP contribution in [0.15, 0.2) is 24.4 Å². The smallest absolute Gasteiger partial charge is 0.269 e. The first kappa shape index (κ1) is 9.71. The van der Waals surface area contributed by atoms with Gasteiger partial charge in [-0.1, -0.05) is 13.0 Å². The summed E-state index contributed by atoms with van der Waals surface area (Å²) in [6, 6.07) is 5.70. The normalized spacial score (nSPS) is 10.5. The highest BCUT2D eigenvalue weighted by atomic mass is 16.1. The van der Waals surface area contributed by atoms with Crippen molar-refractivity contribution in [1.82, 2.24) is 14.7 Å². The van der Waals surface area contributed by atoms with Gasteiger partial charge in [0.15, 0.2) is 0 Å². The van der Waals surface area contributed by atoms with E-state index in [0.29, 0.717) is 5.69 Å². The van der Waals surface area contributed by atoms with E-state index >= 15 is 0 Å². The average Bonchev–Trinajstić information content (AvgIpc) is 2.66. The van der Waals surface area contributed by atoms with Gasteiger partial charge >= 0.3 is 0 Å². The van der Waals surface area contributed by atoms with Gasteiger partial charge in [0, 0.05) is 13.2 Å². The van der Waals surface area contributed by atoms with Crippen LogP contribution >= 0.6 is 0 Å². The molecule has 0 atom stereocenters. The fourth-order valence-electron chi connectivity index (χ4n) is 1.65. The van der Waals surface area contributed by atoms with Crippen LogP contribution in [0, 0.1) is 0 Å². The summed E-state index contributed by atoms with van der Waals surface area (Å²) in [7, 11) is 1.63. The Hall–Kier alpha value is -1.84. The highest BCUT2D eigenvalue weighted by Crippen LogP contribution is 2.12. The van der Waals surface area contributed by atoms with Crippen LogP contribution in [0.25, 0.3) is 5.65 Å². The predicted octanol–water partition coefficient (Wildman–Crippen LogP) is 1.26. The van der Waals surface area contributed by atoms with Gasteiger partial charge in [-0.2, -0.15) is 0 Å². The van der Waals surface area contributed by atoms with Gasteiger partial charge in [0.1, 0.15) is 11.3 Å². The number of nitrogens with zero attached hydrogens (tertiary/aromatic N) is 2. The molecule has 0 aliphatic heterocycles. The maximum absolute atomic E-state index is 11.7. The Kier molecular flexibility index (Phi) is 2.41. The average molecular weight is 203 g/mol. The van der Waals surface area contributed by atoms with Gasteiger partial charge in [-0.3, -0.25) is 9.20 Å². The minimum absolute atomic E-state index is 0.0921. The Morgan fingerprint density at radius 3 is 3.00 bits per heavy atom. The lowest BCUT2D eigenvalue weighted by molar-refractivity contribution is 0.0956. The number of amides is 1. The fourth-order valence-corrected chi connectivity index (χ4v) is 1.65. The highest BCUT2D eigenvalue weighted by Gasteiger charge is 2.15. The maximum Gasteiger partial charge on any atom is 0.269 e. The quantitative estimate of drug-likeness (QED) is 0.798. The van der Waals surface area contributed by atoms with Crippen molar-refractivity contribution in [2.24, 2.45) is 0 Å². The largest absolute Gasteiger partial charge is 0.354 e. The van der Waals surface area contributed by atoms with Crippen molar-refractivity contribution in [2.75, 3.05) is 7.05 Å². The summed E-state index contributed by atoms with van der Waals surface area (Å²) in [6.45, 7) is 1.99. The van der Waals surface area contributed by atoms with Crippen molar-refractivity contribution in [3.63, 3.8) is 0 Å². The lowest BCUT2D eigenvalue weighted by Crippen LogP contribution is -2.21. The van der Waals surface area contributed by atoms with Crippen molar-refractivity contribution in [1.29, 1.82) is 0 Å². The molecule has 1 amide bonds. The van der Waals surface area contributed by atoms with E-state index in [2.05, 4.69) is 10.3 Å². The number of hydrogen-bond donors (Lipinski definition) is 1. The first-order valence-corrected chi connectivity index (χ1v) is 4.96. The number of rotatable bonds is 2.